The van der Waals surface area contributed by atoms with Crippen molar-refractivity contribution in [3.8, 4) is 0 Å². The fraction of sp³-hybridized carbons (Fsp3) is 0.389. The normalized spacial score (nSPS) is 19.4. The third kappa shape index (κ3) is 8.84. The molecule has 3 aliphatic rings. The molecule has 0 spiro atoms. The van der Waals surface area contributed by atoms with Crippen molar-refractivity contribution in [2.45, 2.75) is 43.8 Å². The van der Waals surface area contributed by atoms with Crippen molar-refractivity contribution in [3.05, 3.63) is 92.3 Å². The molecule has 0 aliphatic carbocycles. The van der Waals surface area contributed by atoms with Gasteiger partial charge in [-0.15, -0.1) is 11.3 Å². The molecular formula is C36H40ClFN8O6S. The van der Waals surface area contributed by atoms with Gasteiger partial charge in [0.15, 0.2) is 10.8 Å². The number of anilines is 1. The molecule has 280 valence electrons. The quantitative estimate of drug-likeness (QED) is 0.140. The lowest BCUT2D eigenvalue weighted by Crippen LogP contribution is -2.53. The highest BCUT2D eigenvalue weighted by Gasteiger charge is 2.42. The first-order valence-corrected chi connectivity index (χ1v) is 18.4. The number of nitrogens with two attached hydrogens (primary N) is 1. The van der Waals surface area contributed by atoms with Crippen LogP contribution in [0.5, 0.6) is 0 Å². The summed E-state index contributed by atoms with van der Waals surface area (Å²) in [6, 6.07) is 9.57. The number of hydrogen-bond donors (Lipinski definition) is 4. The number of benzene rings is 2. The minimum Gasteiger partial charge on any atom is -0.480 e. The Morgan fingerprint density at radius 2 is 1.98 bits per heavy atom. The van der Waals surface area contributed by atoms with Crippen molar-refractivity contribution >= 4 is 58.3 Å². The summed E-state index contributed by atoms with van der Waals surface area (Å²) in [5.74, 6) is -1.84. The number of aliphatic carboxylic acids is 1. The molecule has 5 N–H and O–H groups in total. The van der Waals surface area contributed by atoms with Gasteiger partial charge in [-0.2, -0.15) is 0 Å². The lowest BCUT2D eigenvalue weighted by atomic mass is 9.95. The number of hydrogen-bond acceptors (Lipinski definition) is 11. The third-order valence-corrected chi connectivity index (χ3v) is 10.6. The third-order valence-electron chi connectivity index (χ3n) is 9.46. The van der Waals surface area contributed by atoms with E-state index in [0.29, 0.717) is 74.2 Å². The summed E-state index contributed by atoms with van der Waals surface area (Å²) >= 11 is 7.88. The van der Waals surface area contributed by atoms with E-state index >= 15 is 0 Å². The molecule has 3 aliphatic heterocycles. The van der Waals surface area contributed by atoms with Crippen LogP contribution in [0.2, 0.25) is 5.02 Å². The van der Waals surface area contributed by atoms with E-state index in [1.54, 1.807) is 11.1 Å². The number of aliphatic imine (C=N–C) groups is 1. The summed E-state index contributed by atoms with van der Waals surface area (Å²) in [6.07, 6.45) is 3.21. The van der Waals surface area contributed by atoms with Gasteiger partial charge in [0, 0.05) is 79.2 Å². The van der Waals surface area contributed by atoms with Crippen LogP contribution in [0, 0.1) is 5.82 Å². The maximum atomic E-state index is 14.0. The number of halogens is 2. The molecule has 3 aromatic rings. The number of aromatic nitrogens is 1. The number of rotatable bonds is 14. The van der Waals surface area contributed by atoms with Crippen LogP contribution >= 0.6 is 22.9 Å². The van der Waals surface area contributed by atoms with Crippen molar-refractivity contribution in [3.63, 3.8) is 0 Å². The van der Waals surface area contributed by atoms with E-state index in [2.05, 4.69) is 20.5 Å². The number of nitrogens with one attached hydrogen (secondary N) is 2. The zero-order chi connectivity index (χ0) is 37.6. The second-order valence-corrected chi connectivity index (χ2v) is 14.3. The van der Waals surface area contributed by atoms with Crippen LogP contribution in [0.1, 0.15) is 41.4 Å². The fourth-order valence-corrected chi connectivity index (χ4v) is 7.54. The van der Waals surface area contributed by atoms with Crippen LogP contribution in [0.15, 0.2) is 70.3 Å². The molecule has 0 saturated carbocycles. The van der Waals surface area contributed by atoms with E-state index in [9.17, 15) is 23.6 Å². The van der Waals surface area contributed by atoms with Crippen molar-refractivity contribution in [1.29, 1.82) is 0 Å². The van der Waals surface area contributed by atoms with Gasteiger partial charge in [-0.3, -0.25) is 24.4 Å². The highest BCUT2D eigenvalue weighted by Crippen LogP contribution is 2.37. The minimum atomic E-state index is -1.06. The highest BCUT2D eigenvalue weighted by molar-refractivity contribution is 7.11. The Balaban J connectivity index is 1.10. The Kier molecular flexibility index (Phi) is 12.0. The van der Waals surface area contributed by atoms with Crippen LogP contribution in [-0.2, 0) is 25.5 Å². The van der Waals surface area contributed by atoms with Crippen molar-refractivity contribution in [1.82, 2.24) is 25.4 Å². The van der Waals surface area contributed by atoms with Crippen LogP contribution in [0.3, 0.4) is 0 Å². The largest absolute Gasteiger partial charge is 0.480 e. The molecule has 2 aromatic carbocycles. The SMILES string of the molecule is COC(=O)C1=C(CN2CCN3C(=O)N(c4ccc(CCC(=O)NCCC[C@H](N)C(=O)O)cc4)C[C@@H]3C2)NC(c2nccs2)=N[C@H]1c1ccc(F)cc1Cl. The molecule has 0 unspecified atom stereocenters. The summed E-state index contributed by atoms with van der Waals surface area (Å²) in [7, 11) is 1.30. The molecule has 3 amide bonds. The second kappa shape index (κ2) is 16.8. The first kappa shape index (κ1) is 37.8. The number of esters is 1. The number of ether oxygens (including phenoxy) is 1. The number of piperazine rings is 1. The Bertz CT molecular complexity index is 1910. The standard InChI is InChI=1S/C36H40ClFN8O6S/c1-52-35(50)30-28(42-32(33-41-13-16-53-33)43-31(30)25-10-7-22(38)17-26(25)37)20-44-14-15-45-24(18-44)19-46(36(45)51)23-8-4-21(5-9-23)6-11-29(47)40-12-2-3-27(39)34(48)49/h4-5,7-10,13,16-17,24,27,31H,2-3,6,11-12,14-15,18-20,39H2,1H3,(H,40,47)(H,42,43)(H,48,49)/t24-,27-,31-/m0/s1. The van der Waals surface area contributed by atoms with Crippen molar-refractivity contribution < 1.29 is 33.4 Å². The van der Waals surface area contributed by atoms with Crippen LogP contribution in [-0.4, -0.2) is 108 Å². The maximum absolute atomic E-state index is 14.0. The first-order valence-electron chi connectivity index (χ1n) is 17.2. The lowest BCUT2D eigenvalue weighted by molar-refractivity contribution is -0.139. The van der Waals surface area contributed by atoms with E-state index < -0.39 is 29.8 Å². The van der Waals surface area contributed by atoms with Gasteiger partial charge in [0.25, 0.3) is 0 Å². The summed E-state index contributed by atoms with van der Waals surface area (Å²) in [5.41, 5.74) is 8.47. The molecule has 53 heavy (non-hydrogen) atoms. The van der Waals surface area contributed by atoms with E-state index in [0.717, 1.165) is 11.3 Å². The molecule has 4 heterocycles. The number of amidine groups is 1. The zero-order valence-electron chi connectivity index (χ0n) is 29.0. The average molecular weight is 767 g/mol. The van der Waals surface area contributed by atoms with Crippen LogP contribution in [0.4, 0.5) is 14.9 Å². The second-order valence-electron chi connectivity index (χ2n) is 13.0. The summed E-state index contributed by atoms with van der Waals surface area (Å²) < 4.78 is 19.2. The van der Waals surface area contributed by atoms with Gasteiger partial charge >= 0.3 is 18.0 Å². The van der Waals surface area contributed by atoms with Crippen molar-refractivity contribution in [2.75, 3.05) is 51.3 Å². The molecule has 17 heteroatoms. The molecule has 3 atom stereocenters. The number of carbonyl (C=O) groups excluding carboxylic acids is 3. The monoisotopic (exact) mass is 766 g/mol. The first-order chi connectivity index (χ1) is 25.5. The summed E-state index contributed by atoms with van der Waals surface area (Å²) in [6.45, 7) is 2.73. The number of carbonyl (C=O) groups is 4. The Morgan fingerprint density at radius 1 is 1.19 bits per heavy atom. The molecular weight excluding hydrogens is 727 g/mol. The van der Waals surface area contributed by atoms with E-state index in [-0.39, 0.29) is 41.4 Å². The predicted molar refractivity (Wildman–Crippen MR) is 197 cm³/mol. The van der Waals surface area contributed by atoms with Gasteiger partial charge in [0.05, 0.1) is 18.7 Å². The maximum Gasteiger partial charge on any atom is 0.338 e. The molecule has 2 fully saturated rings. The minimum absolute atomic E-state index is 0.0844. The number of thiazole rings is 1. The molecule has 2 saturated heterocycles. The number of urea groups is 1. The number of nitrogens with zero attached hydrogens (tertiary/aromatic N) is 5. The lowest BCUT2D eigenvalue weighted by Gasteiger charge is -2.38. The number of amides is 3. The molecule has 1 aromatic heterocycles. The van der Waals surface area contributed by atoms with Crippen LogP contribution in [0.25, 0.3) is 0 Å². The van der Waals surface area contributed by atoms with E-state index in [4.69, 9.17) is 32.2 Å². The van der Waals surface area contributed by atoms with Gasteiger partial charge in [0.2, 0.25) is 5.91 Å². The topological polar surface area (TPSA) is 183 Å². The number of aryl methyl sites for hydroxylation is 1. The predicted octanol–water partition coefficient (Wildman–Crippen LogP) is 3.32. The Morgan fingerprint density at radius 3 is 2.68 bits per heavy atom. The summed E-state index contributed by atoms with van der Waals surface area (Å²) in [5, 5.41) is 17.5. The van der Waals surface area contributed by atoms with Gasteiger partial charge in [-0.05, 0) is 49.1 Å². The zero-order valence-corrected chi connectivity index (χ0v) is 30.5. The Hall–Kier alpha value is -4.90. The van der Waals surface area contributed by atoms with Gasteiger partial charge < -0.3 is 31.1 Å². The molecule has 0 radical (unpaired) electrons. The molecule has 6 rings (SSSR count). The average Bonchev–Trinajstić information content (AvgIpc) is 3.80. The smallest absolute Gasteiger partial charge is 0.338 e. The number of fused-ring (bicyclic) bond motifs is 1. The number of carboxylic acid groups (broad SMARTS) is 1. The van der Waals surface area contributed by atoms with Gasteiger partial charge in [0.1, 0.15) is 17.9 Å². The van der Waals surface area contributed by atoms with Crippen molar-refractivity contribution in [2.24, 2.45) is 10.7 Å². The van der Waals surface area contributed by atoms with Gasteiger partial charge in [-0.25, -0.2) is 19.0 Å². The number of methoxy groups -OCH3 is 1. The molecule has 0 bridgehead atoms. The van der Waals surface area contributed by atoms with Crippen LogP contribution < -0.4 is 21.3 Å². The van der Waals surface area contributed by atoms with Gasteiger partial charge in [-0.1, -0.05) is 29.8 Å². The molecule has 14 nitrogen and oxygen atoms in total. The fourth-order valence-electron chi connectivity index (χ4n) is 6.68. The summed E-state index contributed by atoms with van der Waals surface area (Å²) in [4.78, 5) is 65.0. The number of carboxylic acids is 1. The highest BCUT2D eigenvalue weighted by atomic mass is 35.5. The Labute approximate surface area is 314 Å². The van der Waals surface area contributed by atoms with E-state index in [1.165, 1.54) is 36.6 Å². The van der Waals surface area contributed by atoms with E-state index in [1.807, 2.05) is 34.5 Å².